The number of aromatic nitrogens is 5. The summed E-state index contributed by atoms with van der Waals surface area (Å²) in [6.45, 7) is 6.27. The molecule has 3 aromatic heterocycles. The van der Waals surface area contributed by atoms with Crippen molar-refractivity contribution in [2.24, 2.45) is 0 Å². The lowest BCUT2D eigenvalue weighted by Gasteiger charge is -2.08. The standard InChI is InChI=1S/C22H20N6OS2/c1-12-8-13(2)19(14(3)9-12)16-10-30-21(24-16)25-18(29)11-31-22-27-26-20-23-15-6-4-5-7-17(15)28(20)22/h4-10H,11H2,1-3H3,(H,23,26)(H,24,25,29). The fourth-order valence-corrected chi connectivity index (χ4v) is 5.33. The molecule has 31 heavy (non-hydrogen) atoms. The van der Waals surface area contributed by atoms with Gasteiger partial charge in [0.1, 0.15) is 0 Å². The first-order valence-electron chi connectivity index (χ1n) is 9.77. The topological polar surface area (TPSA) is 88.0 Å². The Morgan fingerprint density at radius 2 is 1.94 bits per heavy atom. The van der Waals surface area contributed by atoms with Gasteiger partial charge in [-0.15, -0.1) is 16.4 Å². The van der Waals surface area contributed by atoms with E-state index in [1.54, 1.807) is 0 Å². The highest BCUT2D eigenvalue weighted by Gasteiger charge is 2.15. The number of carbonyl (C=O) groups excluding carboxylic acids is 1. The van der Waals surface area contributed by atoms with Crippen molar-refractivity contribution in [2.45, 2.75) is 25.9 Å². The van der Waals surface area contributed by atoms with E-state index in [4.69, 9.17) is 0 Å². The number of rotatable bonds is 5. The summed E-state index contributed by atoms with van der Waals surface area (Å²) in [6.07, 6.45) is 0. The summed E-state index contributed by atoms with van der Waals surface area (Å²) >= 11 is 2.79. The second-order valence-electron chi connectivity index (χ2n) is 7.41. The average Bonchev–Trinajstić information content (AvgIpc) is 3.41. The number of benzene rings is 2. The number of H-pyrrole nitrogens is 1. The second kappa shape index (κ2) is 7.82. The number of nitrogens with one attached hydrogen (secondary N) is 2. The van der Waals surface area contributed by atoms with Gasteiger partial charge in [-0.25, -0.2) is 15.1 Å². The number of para-hydroxylation sites is 2. The summed E-state index contributed by atoms with van der Waals surface area (Å²) in [6, 6.07) is 12.2. The molecule has 0 aliphatic rings. The predicted molar refractivity (Wildman–Crippen MR) is 126 cm³/mol. The van der Waals surface area contributed by atoms with E-state index in [0.29, 0.717) is 16.1 Å². The zero-order chi connectivity index (χ0) is 21.5. The highest BCUT2D eigenvalue weighted by atomic mass is 32.2. The molecular formula is C22H20N6OS2. The first kappa shape index (κ1) is 19.8. The first-order chi connectivity index (χ1) is 15.0. The zero-order valence-corrected chi connectivity index (χ0v) is 18.9. The lowest BCUT2D eigenvalue weighted by Crippen LogP contribution is -2.14. The van der Waals surface area contributed by atoms with Gasteiger partial charge in [-0.1, -0.05) is 41.6 Å². The summed E-state index contributed by atoms with van der Waals surface area (Å²) in [7, 11) is 0. The third kappa shape index (κ3) is 3.70. The van der Waals surface area contributed by atoms with E-state index in [1.165, 1.54) is 39.8 Å². The van der Waals surface area contributed by atoms with Gasteiger partial charge in [-0.2, -0.15) is 0 Å². The monoisotopic (exact) mass is 448 g/mol. The number of nitrogens with zero attached hydrogens (tertiary/aromatic N) is 4. The van der Waals surface area contributed by atoms with Gasteiger partial charge in [0.05, 0.1) is 22.5 Å². The van der Waals surface area contributed by atoms with E-state index in [-0.39, 0.29) is 11.7 Å². The van der Waals surface area contributed by atoms with E-state index >= 15 is 0 Å². The minimum Gasteiger partial charge on any atom is -0.301 e. The normalized spacial score (nSPS) is 11.5. The molecule has 0 saturated heterocycles. The Balaban J connectivity index is 1.30. The molecule has 1 amide bonds. The lowest BCUT2D eigenvalue weighted by atomic mass is 9.98. The van der Waals surface area contributed by atoms with Crippen molar-refractivity contribution in [3.05, 3.63) is 58.5 Å². The van der Waals surface area contributed by atoms with Crippen molar-refractivity contribution in [1.82, 2.24) is 24.6 Å². The second-order valence-corrected chi connectivity index (χ2v) is 9.21. The molecule has 5 rings (SSSR count). The molecule has 7 nitrogen and oxygen atoms in total. The number of thioether (sulfide) groups is 1. The molecule has 0 saturated carbocycles. The maximum absolute atomic E-state index is 12.5. The van der Waals surface area contributed by atoms with Crippen molar-refractivity contribution in [3.63, 3.8) is 0 Å². The number of carbonyl (C=O) groups is 1. The van der Waals surface area contributed by atoms with Crippen LogP contribution < -0.4 is 5.32 Å². The van der Waals surface area contributed by atoms with Crippen LogP contribution in [0.15, 0.2) is 46.9 Å². The van der Waals surface area contributed by atoms with E-state index in [2.05, 4.69) is 58.4 Å². The number of imidazole rings is 1. The molecule has 9 heteroatoms. The molecule has 0 spiro atoms. The Morgan fingerprint density at radius 3 is 2.74 bits per heavy atom. The molecule has 3 heterocycles. The van der Waals surface area contributed by atoms with Crippen molar-refractivity contribution >= 4 is 50.9 Å². The van der Waals surface area contributed by atoms with Gasteiger partial charge in [0.25, 0.3) is 0 Å². The van der Waals surface area contributed by atoms with Gasteiger partial charge in [0.2, 0.25) is 11.7 Å². The summed E-state index contributed by atoms with van der Waals surface area (Å²) in [4.78, 5) is 21.7. The number of aryl methyl sites for hydroxylation is 3. The molecular weight excluding hydrogens is 428 g/mol. The molecule has 0 bridgehead atoms. The Bertz CT molecular complexity index is 1410. The Hall–Kier alpha value is -3.17. The van der Waals surface area contributed by atoms with Crippen LogP contribution in [-0.4, -0.2) is 36.2 Å². The van der Waals surface area contributed by atoms with Crippen molar-refractivity contribution < 1.29 is 4.79 Å². The number of anilines is 1. The van der Waals surface area contributed by atoms with Gasteiger partial charge in [-0.05, 0) is 44.0 Å². The highest BCUT2D eigenvalue weighted by Crippen LogP contribution is 2.31. The fraction of sp³-hybridized carbons (Fsp3) is 0.182. The maximum atomic E-state index is 12.5. The molecule has 0 fully saturated rings. The molecule has 2 N–H and O–H groups in total. The van der Waals surface area contributed by atoms with E-state index in [1.807, 2.05) is 34.0 Å². The molecule has 0 radical (unpaired) electrons. The molecule has 2 aromatic carbocycles. The quantitative estimate of drug-likeness (QED) is 0.370. The van der Waals surface area contributed by atoms with Crippen molar-refractivity contribution in [2.75, 3.05) is 11.1 Å². The smallest absolute Gasteiger partial charge is 0.236 e. The lowest BCUT2D eigenvalue weighted by molar-refractivity contribution is -0.113. The van der Waals surface area contributed by atoms with Crippen LogP contribution in [0.5, 0.6) is 0 Å². The fourth-order valence-electron chi connectivity index (χ4n) is 3.85. The number of fused-ring (bicyclic) bond motifs is 3. The third-order valence-electron chi connectivity index (χ3n) is 5.02. The number of aromatic amines is 1. The highest BCUT2D eigenvalue weighted by molar-refractivity contribution is 7.99. The molecule has 0 atom stereocenters. The van der Waals surface area contributed by atoms with Crippen LogP contribution in [0, 0.1) is 20.8 Å². The van der Waals surface area contributed by atoms with Crippen LogP contribution in [0.25, 0.3) is 28.1 Å². The first-order valence-corrected chi connectivity index (χ1v) is 11.6. The van der Waals surface area contributed by atoms with Gasteiger partial charge in [0, 0.05) is 10.9 Å². The largest absolute Gasteiger partial charge is 0.301 e. The molecule has 0 aliphatic carbocycles. The summed E-state index contributed by atoms with van der Waals surface area (Å²) in [5, 5.41) is 13.4. The van der Waals surface area contributed by atoms with Crippen molar-refractivity contribution in [3.8, 4) is 11.3 Å². The summed E-state index contributed by atoms with van der Waals surface area (Å²) < 4.78 is 1.93. The molecule has 156 valence electrons. The van der Waals surface area contributed by atoms with Gasteiger partial charge < -0.3 is 5.32 Å². The number of thiazole rings is 1. The number of amides is 1. The van der Waals surface area contributed by atoms with Crippen LogP contribution >= 0.6 is 23.1 Å². The van der Waals surface area contributed by atoms with E-state index < -0.39 is 0 Å². The Morgan fingerprint density at radius 1 is 1.16 bits per heavy atom. The van der Waals surface area contributed by atoms with Crippen LogP contribution in [-0.2, 0) is 4.79 Å². The van der Waals surface area contributed by atoms with Gasteiger partial charge >= 0.3 is 0 Å². The van der Waals surface area contributed by atoms with Gasteiger partial charge in [0.15, 0.2) is 10.3 Å². The number of hydrogen-bond donors (Lipinski definition) is 2. The Kier molecular flexibility index (Phi) is 4.99. The van der Waals surface area contributed by atoms with E-state index in [9.17, 15) is 4.79 Å². The average molecular weight is 449 g/mol. The summed E-state index contributed by atoms with van der Waals surface area (Å²) in [5.41, 5.74) is 7.47. The minimum atomic E-state index is -0.121. The molecule has 0 unspecified atom stereocenters. The van der Waals surface area contributed by atoms with Crippen LogP contribution in [0.2, 0.25) is 0 Å². The minimum absolute atomic E-state index is 0.121. The third-order valence-corrected chi connectivity index (χ3v) is 6.72. The van der Waals surface area contributed by atoms with E-state index in [0.717, 1.165) is 22.3 Å². The van der Waals surface area contributed by atoms with Crippen LogP contribution in [0.4, 0.5) is 5.13 Å². The maximum Gasteiger partial charge on any atom is 0.236 e. The Labute approximate surface area is 186 Å². The van der Waals surface area contributed by atoms with Crippen LogP contribution in [0.1, 0.15) is 16.7 Å². The molecule has 0 aliphatic heterocycles. The SMILES string of the molecule is Cc1cc(C)c(-c2csc(NC(=O)CSc3n[nH]c4nc5ccccc5n34)n2)c(C)c1. The molecule has 5 aromatic rings. The number of hydrogen-bond acceptors (Lipinski definition) is 6. The zero-order valence-electron chi connectivity index (χ0n) is 17.3. The van der Waals surface area contributed by atoms with Crippen LogP contribution in [0.3, 0.4) is 0 Å². The summed E-state index contributed by atoms with van der Waals surface area (Å²) in [5.74, 6) is 0.769. The van der Waals surface area contributed by atoms with Crippen molar-refractivity contribution in [1.29, 1.82) is 0 Å². The van der Waals surface area contributed by atoms with Gasteiger partial charge in [-0.3, -0.25) is 9.20 Å². The predicted octanol–water partition coefficient (Wildman–Crippen LogP) is 4.99.